The van der Waals surface area contributed by atoms with Crippen molar-refractivity contribution in [3.8, 4) is 17.1 Å². The van der Waals surface area contributed by atoms with E-state index in [0.717, 1.165) is 31.4 Å². The summed E-state index contributed by atoms with van der Waals surface area (Å²) in [7, 11) is -2.20. The second-order valence-electron chi connectivity index (χ2n) is 13.2. The van der Waals surface area contributed by atoms with Crippen molar-refractivity contribution in [2.45, 2.75) is 58.5 Å². The summed E-state index contributed by atoms with van der Waals surface area (Å²) in [5.41, 5.74) is 4.94. The lowest BCUT2D eigenvalue weighted by atomic mass is 9.87. The maximum atomic E-state index is 14.5. The van der Waals surface area contributed by atoms with E-state index < -0.39 is 16.1 Å². The van der Waals surface area contributed by atoms with Gasteiger partial charge in [0.2, 0.25) is 11.8 Å². The van der Waals surface area contributed by atoms with Gasteiger partial charge in [-0.05, 0) is 95.8 Å². The molecule has 6 rings (SSSR count). The Balaban J connectivity index is 1.51. The molecule has 10 nitrogen and oxygen atoms in total. The van der Waals surface area contributed by atoms with Crippen molar-refractivity contribution in [2.24, 2.45) is 12.5 Å². The highest BCUT2D eigenvalue weighted by atomic mass is 127. The van der Waals surface area contributed by atoms with E-state index in [1.165, 1.54) is 12.1 Å². The van der Waals surface area contributed by atoms with E-state index in [2.05, 4.69) is 64.1 Å². The number of anilines is 1. The number of nitrogens with zero attached hydrogens (tertiary/aromatic N) is 5. The molecule has 5 aromatic rings. The number of nitrogens with one attached hydrogen (secondary N) is 1. The third-order valence-electron chi connectivity index (χ3n) is 8.24. The lowest BCUT2D eigenvalue weighted by molar-refractivity contribution is 0.0509. The zero-order valence-corrected chi connectivity index (χ0v) is 30.2. The Labute approximate surface area is 288 Å². The van der Waals surface area contributed by atoms with Gasteiger partial charge in [0.15, 0.2) is 0 Å². The Hall–Kier alpha value is -4.04. The molecule has 1 aliphatic heterocycles. The van der Waals surface area contributed by atoms with E-state index in [1.807, 2.05) is 55.8 Å². The van der Waals surface area contributed by atoms with Gasteiger partial charge in [-0.2, -0.15) is 4.98 Å². The Bertz CT molecular complexity index is 2100. The molecule has 1 amide bonds. The van der Waals surface area contributed by atoms with Gasteiger partial charge < -0.3 is 14.2 Å². The monoisotopic (exact) mass is 764 g/mol. The van der Waals surface area contributed by atoms with Crippen molar-refractivity contribution >= 4 is 55.5 Å². The average molecular weight is 765 g/mol. The van der Waals surface area contributed by atoms with E-state index in [4.69, 9.17) is 9.72 Å². The first-order valence-corrected chi connectivity index (χ1v) is 17.9. The molecule has 12 heteroatoms. The standard InChI is InChI=1S/C35H37IN6O4S/c1-21-9-7-10-22(2)31(21)28-17-30-39-34(38-28)40-47(44,45)27-12-8-11-24(15-27)33(43)42(26(20-46-30)18-35(3,4)5)19-25-14-13-23-16-29(36)41(6)32(23)37-25/h7-17,26H,18-20H2,1-6H3,(H,38,39,40)/t26-/m1/s1. The van der Waals surface area contributed by atoms with E-state index in [0.29, 0.717) is 17.8 Å². The number of benzene rings is 2. The highest BCUT2D eigenvalue weighted by molar-refractivity contribution is 14.1. The first-order valence-electron chi connectivity index (χ1n) is 15.3. The SMILES string of the molecule is Cc1cccc(C)c1-c1cc2nc(n1)NS(=O)(=O)c1cccc(c1)C(=O)N(Cc1ccc3cc(I)n(C)c3n1)[C@H](CC(C)(C)C)CO2. The highest BCUT2D eigenvalue weighted by Gasteiger charge is 2.32. The topological polar surface area (TPSA) is 119 Å². The Kier molecular flexibility index (Phi) is 8.77. The first-order chi connectivity index (χ1) is 22.2. The predicted octanol–water partition coefficient (Wildman–Crippen LogP) is 6.89. The summed E-state index contributed by atoms with van der Waals surface area (Å²) < 4.78 is 39.3. The summed E-state index contributed by atoms with van der Waals surface area (Å²) in [6.45, 7) is 10.6. The summed E-state index contributed by atoms with van der Waals surface area (Å²) in [6, 6.07) is 19.3. The molecule has 4 heterocycles. The van der Waals surface area contributed by atoms with Gasteiger partial charge in [-0.3, -0.25) is 4.79 Å². The molecule has 0 saturated heterocycles. The summed E-state index contributed by atoms with van der Waals surface area (Å²) in [6.07, 6.45) is 0.598. The van der Waals surface area contributed by atoms with Gasteiger partial charge in [0, 0.05) is 29.6 Å². The number of amides is 1. The average Bonchev–Trinajstić information content (AvgIpc) is 3.29. The van der Waals surface area contributed by atoms with Crippen LogP contribution in [0, 0.1) is 23.0 Å². The van der Waals surface area contributed by atoms with Crippen LogP contribution in [0.3, 0.4) is 0 Å². The van der Waals surface area contributed by atoms with Gasteiger partial charge in [-0.25, -0.2) is 23.1 Å². The van der Waals surface area contributed by atoms with Gasteiger partial charge in [0.1, 0.15) is 12.3 Å². The van der Waals surface area contributed by atoms with Crippen LogP contribution in [0.2, 0.25) is 0 Å². The van der Waals surface area contributed by atoms with Gasteiger partial charge in [-0.1, -0.05) is 45.0 Å². The van der Waals surface area contributed by atoms with Crippen LogP contribution in [0.1, 0.15) is 54.4 Å². The molecule has 2 aromatic carbocycles. The lowest BCUT2D eigenvalue weighted by Crippen LogP contribution is -2.45. The van der Waals surface area contributed by atoms with Crippen molar-refractivity contribution < 1.29 is 17.9 Å². The summed E-state index contributed by atoms with van der Waals surface area (Å²) in [5.74, 6) is -0.239. The van der Waals surface area contributed by atoms with Crippen molar-refractivity contribution in [3.05, 3.63) is 92.8 Å². The van der Waals surface area contributed by atoms with Gasteiger partial charge in [0.05, 0.1) is 32.6 Å². The maximum absolute atomic E-state index is 14.5. The largest absolute Gasteiger partial charge is 0.475 e. The van der Waals surface area contributed by atoms with Crippen LogP contribution in [-0.2, 0) is 23.6 Å². The van der Waals surface area contributed by atoms with Crippen LogP contribution < -0.4 is 9.46 Å². The number of carbonyl (C=O) groups excluding carboxylic acids is 1. The predicted molar refractivity (Wildman–Crippen MR) is 191 cm³/mol. The fourth-order valence-electron chi connectivity index (χ4n) is 6.02. The van der Waals surface area contributed by atoms with Gasteiger partial charge in [-0.15, -0.1) is 0 Å². The maximum Gasteiger partial charge on any atom is 0.264 e. The van der Waals surface area contributed by atoms with Crippen LogP contribution >= 0.6 is 22.6 Å². The Morgan fingerprint density at radius 3 is 2.43 bits per heavy atom. The number of hydrogen-bond acceptors (Lipinski definition) is 7. The number of sulfonamides is 1. The number of hydrogen-bond donors (Lipinski definition) is 1. The highest BCUT2D eigenvalue weighted by Crippen LogP contribution is 2.32. The minimum atomic E-state index is -4.16. The molecule has 0 aliphatic carbocycles. The van der Waals surface area contributed by atoms with E-state index in [1.54, 1.807) is 23.1 Å². The van der Waals surface area contributed by atoms with Crippen molar-refractivity contribution in [1.29, 1.82) is 0 Å². The van der Waals surface area contributed by atoms with Crippen LogP contribution in [0.25, 0.3) is 22.3 Å². The Morgan fingerprint density at radius 2 is 1.70 bits per heavy atom. The molecular formula is C35H37IN6O4S. The third-order valence-corrected chi connectivity index (χ3v) is 10.6. The van der Waals surface area contributed by atoms with Crippen LogP contribution in [0.15, 0.2) is 71.6 Å². The molecule has 0 unspecified atom stereocenters. The third kappa shape index (κ3) is 6.98. The Morgan fingerprint density at radius 1 is 0.979 bits per heavy atom. The number of ether oxygens (including phenoxy) is 1. The number of aryl methyl sites for hydroxylation is 3. The van der Waals surface area contributed by atoms with Crippen molar-refractivity contribution in [1.82, 2.24) is 24.4 Å². The van der Waals surface area contributed by atoms with Crippen molar-refractivity contribution in [3.63, 3.8) is 0 Å². The van der Waals surface area contributed by atoms with E-state index >= 15 is 0 Å². The van der Waals surface area contributed by atoms with Crippen LogP contribution in [0.4, 0.5) is 5.95 Å². The number of rotatable bonds is 4. The molecule has 47 heavy (non-hydrogen) atoms. The van der Waals surface area contributed by atoms with Crippen LogP contribution in [0.5, 0.6) is 5.88 Å². The number of halogens is 1. The normalized spacial score (nSPS) is 16.5. The molecule has 1 N–H and O–H groups in total. The summed E-state index contributed by atoms with van der Waals surface area (Å²) in [5, 5.41) is 1.01. The zero-order valence-electron chi connectivity index (χ0n) is 27.2. The number of carbonyl (C=O) groups is 1. The molecule has 244 valence electrons. The molecule has 4 bridgehead atoms. The number of fused-ring (bicyclic) bond motifs is 5. The fourth-order valence-corrected chi connectivity index (χ4v) is 7.57. The molecule has 0 spiro atoms. The van der Waals surface area contributed by atoms with E-state index in [9.17, 15) is 13.2 Å². The second kappa shape index (κ2) is 12.5. The molecule has 0 radical (unpaired) electrons. The summed E-state index contributed by atoms with van der Waals surface area (Å²) in [4.78, 5) is 30.2. The molecule has 1 atom stereocenters. The molecule has 0 fully saturated rings. The second-order valence-corrected chi connectivity index (χ2v) is 16.0. The van der Waals surface area contributed by atoms with Crippen molar-refractivity contribution in [2.75, 3.05) is 11.3 Å². The zero-order chi connectivity index (χ0) is 33.7. The van der Waals surface area contributed by atoms with Gasteiger partial charge >= 0.3 is 0 Å². The van der Waals surface area contributed by atoms with Gasteiger partial charge in [0.25, 0.3) is 15.9 Å². The smallest absolute Gasteiger partial charge is 0.264 e. The fraction of sp³-hybridized carbons (Fsp3) is 0.314. The quantitative estimate of drug-likeness (QED) is 0.198. The first kappa shape index (κ1) is 32.9. The molecule has 0 saturated carbocycles. The molecule has 3 aromatic heterocycles. The van der Waals surface area contributed by atoms with E-state index in [-0.39, 0.29) is 46.8 Å². The minimum Gasteiger partial charge on any atom is -0.475 e. The molecular weight excluding hydrogens is 727 g/mol. The molecule has 1 aliphatic rings. The summed E-state index contributed by atoms with van der Waals surface area (Å²) >= 11 is 2.27. The number of aromatic nitrogens is 4. The number of pyridine rings is 1. The minimum absolute atomic E-state index is 0.0728. The lowest BCUT2D eigenvalue weighted by Gasteiger charge is -2.35. The van der Waals surface area contributed by atoms with Crippen LogP contribution in [-0.4, -0.2) is 51.4 Å².